The number of para-hydroxylation sites is 1. The van der Waals surface area contributed by atoms with E-state index in [1.165, 1.54) is 52.8 Å². The summed E-state index contributed by atoms with van der Waals surface area (Å²) in [5.41, 5.74) is 7.17. The molecule has 240 valence electrons. The number of aromatic nitrogens is 2. The number of benzene rings is 8. The van der Waals surface area contributed by atoms with Crippen molar-refractivity contribution in [1.82, 2.24) is 9.97 Å². The monoisotopic (exact) mass is 695 g/mol. The SMILES string of the molecule is [B]c1cc2ccccc2c2c1P(c1ccccc1)N(c1nc(-c3ccccc3)c3ccccc3n1)c1c-2c2ccccc2c2sc3ccccc3c12. The van der Waals surface area contributed by atoms with Crippen LogP contribution in [0.25, 0.3) is 75.0 Å². The van der Waals surface area contributed by atoms with Crippen LogP contribution in [0.1, 0.15) is 0 Å². The van der Waals surface area contributed by atoms with Gasteiger partial charge in [-0.1, -0.05) is 157 Å². The maximum atomic E-state index is 7.32. The lowest BCUT2D eigenvalue weighted by atomic mass is 9.84. The molecule has 1 atom stereocenters. The molecule has 0 fully saturated rings. The van der Waals surface area contributed by atoms with Gasteiger partial charge in [0.25, 0.3) is 0 Å². The topological polar surface area (TPSA) is 29.0 Å². The Morgan fingerprint density at radius 3 is 2.00 bits per heavy atom. The first-order valence-corrected chi connectivity index (χ1v) is 19.5. The number of thiophene rings is 1. The summed E-state index contributed by atoms with van der Waals surface area (Å²) in [7, 11) is 6.01. The fourth-order valence-corrected chi connectivity index (χ4v) is 11.9. The first-order valence-electron chi connectivity index (χ1n) is 17.4. The van der Waals surface area contributed by atoms with Crippen molar-refractivity contribution < 1.29 is 0 Å². The van der Waals surface area contributed by atoms with Crippen molar-refractivity contribution in [3.05, 3.63) is 164 Å². The third kappa shape index (κ3) is 4.30. The minimum absolute atomic E-state index is 0.666. The van der Waals surface area contributed by atoms with Gasteiger partial charge in [0, 0.05) is 58.2 Å². The van der Waals surface area contributed by atoms with Crippen molar-refractivity contribution in [2.45, 2.75) is 0 Å². The van der Waals surface area contributed by atoms with Crippen LogP contribution in [0.5, 0.6) is 0 Å². The fourth-order valence-electron chi connectivity index (χ4n) is 8.10. The smallest absolute Gasteiger partial charge is 0.235 e. The Bertz CT molecular complexity index is 3050. The maximum absolute atomic E-state index is 7.32. The molecule has 1 aliphatic heterocycles. The molecule has 0 aliphatic carbocycles. The van der Waals surface area contributed by atoms with E-state index < -0.39 is 8.07 Å². The number of nitrogens with zero attached hydrogens (tertiary/aromatic N) is 3. The summed E-state index contributed by atoms with van der Waals surface area (Å²) in [5.74, 6) is 0.666. The van der Waals surface area contributed by atoms with E-state index in [1.54, 1.807) is 0 Å². The van der Waals surface area contributed by atoms with Gasteiger partial charge >= 0.3 is 0 Å². The van der Waals surface area contributed by atoms with Gasteiger partial charge in [-0.3, -0.25) is 4.67 Å². The van der Waals surface area contributed by atoms with Crippen LogP contribution in [0.2, 0.25) is 0 Å². The van der Waals surface area contributed by atoms with E-state index in [0.717, 1.165) is 44.0 Å². The molecule has 1 unspecified atom stereocenters. The third-order valence-corrected chi connectivity index (χ3v) is 13.9. The van der Waals surface area contributed by atoms with E-state index in [0.29, 0.717) is 5.95 Å². The molecule has 0 saturated carbocycles. The predicted molar refractivity (Wildman–Crippen MR) is 225 cm³/mol. The number of anilines is 2. The molecule has 2 radical (unpaired) electrons. The van der Waals surface area contributed by atoms with Gasteiger partial charge in [0.05, 0.1) is 25.0 Å². The molecule has 8 aromatic carbocycles. The number of fused-ring (bicyclic) bond motifs is 13. The molecule has 52 heavy (non-hydrogen) atoms. The van der Waals surface area contributed by atoms with Crippen molar-refractivity contribution >= 4 is 108 Å². The zero-order chi connectivity index (χ0) is 34.3. The molecule has 3 nitrogen and oxygen atoms in total. The normalized spacial score (nSPS) is 14.0. The maximum Gasteiger partial charge on any atom is 0.235 e. The number of hydrogen-bond acceptors (Lipinski definition) is 4. The molecule has 0 N–H and O–H groups in total. The van der Waals surface area contributed by atoms with Crippen LogP contribution in [0, 0.1) is 0 Å². The molecular weight excluding hydrogens is 668 g/mol. The minimum Gasteiger partial charge on any atom is -0.279 e. The van der Waals surface area contributed by atoms with E-state index in [4.69, 9.17) is 17.8 Å². The molecule has 3 heterocycles. The summed E-state index contributed by atoms with van der Waals surface area (Å²) in [5, 5.41) is 10.6. The quantitative estimate of drug-likeness (QED) is 0.136. The molecule has 10 aromatic rings. The van der Waals surface area contributed by atoms with Crippen molar-refractivity contribution in [2.24, 2.45) is 0 Å². The van der Waals surface area contributed by atoms with Crippen LogP contribution in [0.4, 0.5) is 11.6 Å². The van der Waals surface area contributed by atoms with E-state index >= 15 is 0 Å². The van der Waals surface area contributed by atoms with Crippen LogP contribution in [-0.2, 0) is 0 Å². The minimum atomic E-state index is -1.32. The Balaban J connectivity index is 1.40. The lowest BCUT2D eigenvalue weighted by Gasteiger charge is -2.41. The second kappa shape index (κ2) is 11.6. The number of hydrogen-bond donors (Lipinski definition) is 0. The molecule has 11 rings (SSSR count). The summed E-state index contributed by atoms with van der Waals surface area (Å²) in [6.07, 6.45) is 0. The van der Waals surface area contributed by atoms with Crippen molar-refractivity contribution in [2.75, 3.05) is 4.67 Å². The Labute approximate surface area is 307 Å². The lowest BCUT2D eigenvalue weighted by molar-refractivity contribution is 1.17. The zero-order valence-corrected chi connectivity index (χ0v) is 29.6. The highest BCUT2D eigenvalue weighted by molar-refractivity contribution is 7.75. The van der Waals surface area contributed by atoms with Gasteiger partial charge in [-0.25, -0.2) is 9.97 Å². The van der Waals surface area contributed by atoms with Crippen LogP contribution < -0.4 is 20.7 Å². The van der Waals surface area contributed by atoms with Gasteiger partial charge in [0.1, 0.15) is 7.85 Å². The van der Waals surface area contributed by atoms with E-state index in [9.17, 15) is 0 Å². The van der Waals surface area contributed by atoms with Gasteiger partial charge in [-0.05, 0) is 28.3 Å². The van der Waals surface area contributed by atoms with Gasteiger partial charge in [-0.15, -0.1) is 11.3 Å². The van der Waals surface area contributed by atoms with Crippen molar-refractivity contribution in [1.29, 1.82) is 0 Å². The van der Waals surface area contributed by atoms with Crippen LogP contribution in [-0.4, -0.2) is 17.8 Å². The fraction of sp³-hybridized carbons (Fsp3) is 0. The zero-order valence-electron chi connectivity index (χ0n) is 27.9. The number of rotatable bonds is 3. The Kier molecular flexibility index (Phi) is 6.64. The Morgan fingerprint density at radius 1 is 0.558 bits per heavy atom. The van der Waals surface area contributed by atoms with Gasteiger partial charge in [0.2, 0.25) is 5.95 Å². The summed E-state index contributed by atoms with van der Waals surface area (Å²) < 4.78 is 5.00. The summed E-state index contributed by atoms with van der Waals surface area (Å²) in [4.78, 5) is 11.0. The van der Waals surface area contributed by atoms with Gasteiger partial charge in [0.15, 0.2) is 0 Å². The lowest BCUT2D eigenvalue weighted by Crippen LogP contribution is -2.38. The average molecular weight is 696 g/mol. The molecule has 2 aromatic heterocycles. The molecular formula is C46H27BN3PS. The largest absolute Gasteiger partial charge is 0.279 e. The molecule has 6 heteroatoms. The molecule has 0 spiro atoms. The molecule has 1 aliphatic rings. The second-order valence-corrected chi connectivity index (χ2v) is 16.2. The molecule has 0 amide bonds. The van der Waals surface area contributed by atoms with Crippen LogP contribution in [0.3, 0.4) is 0 Å². The second-order valence-electron chi connectivity index (χ2n) is 13.2. The van der Waals surface area contributed by atoms with Crippen LogP contribution in [0.15, 0.2) is 164 Å². The molecule has 0 saturated heterocycles. The summed E-state index contributed by atoms with van der Waals surface area (Å²) in [6, 6.07) is 58.2. The highest BCUT2D eigenvalue weighted by Crippen LogP contribution is 2.61. The Morgan fingerprint density at radius 2 is 1.19 bits per heavy atom. The first-order chi connectivity index (χ1) is 25.7. The standard InChI is InChI=1S/C46H27BN3PS/c47-36-27-29-17-7-8-20-31(29)40-39-32-21-9-10-22-33(32)45-41(35-24-12-14-26-38(35)52-45)43(39)50(51(44(36)40)30-18-5-2-6-19-30)46-48-37-25-13-11-23-34(37)42(49-46)28-15-3-1-4-16-28/h1-27H. The third-order valence-electron chi connectivity index (χ3n) is 10.3. The van der Waals surface area contributed by atoms with Crippen LogP contribution >= 0.6 is 19.4 Å². The van der Waals surface area contributed by atoms with Gasteiger partial charge < -0.3 is 0 Å². The molecule has 0 bridgehead atoms. The Hall–Kier alpha value is -5.87. The summed E-state index contributed by atoms with van der Waals surface area (Å²) in [6.45, 7) is 0. The van der Waals surface area contributed by atoms with Gasteiger partial charge in [-0.2, -0.15) is 0 Å². The van der Waals surface area contributed by atoms with E-state index in [1.807, 2.05) is 11.3 Å². The highest BCUT2D eigenvalue weighted by Gasteiger charge is 2.40. The highest BCUT2D eigenvalue weighted by atomic mass is 32.1. The van der Waals surface area contributed by atoms with Crippen molar-refractivity contribution in [3.8, 4) is 22.4 Å². The summed E-state index contributed by atoms with van der Waals surface area (Å²) >= 11 is 1.86. The average Bonchev–Trinajstić information content (AvgIpc) is 3.60. The first kappa shape index (κ1) is 29.8. The van der Waals surface area contributed by atoms with E-state index in [2.05, 4.69) is 168 Å². The van der Waals surface area contributed by atoms with E-state index in [-0.39, 0.29) is 0 Å². The predicted octanol–water partition coefficient (Wildman–Crippen LogP) is 10.9. The van der Waals surface area contributed by atoms with Crippen molar-refractivity contribution in [3.63, 3.8) is 0 Å².